The van der Waals surface area contributed by atoms with Crippen LogP contribution in [0.25, 0.3) is 0 Å². The van der Waals surface area contributed by atoms with Gasteiger partial charge in [-0.3, -0.25) is 9.78 Å². The molecule has 2 heterocycles. The summed E-state index contributed by atoms with van der Waals surface area (Å²) in [6.45, 7) is 8.07. The Kier molecular flexibility index (Phi) is 8.41. The quantitative estimate of drug-likeness (QED) is 0.608. The van der Waals surface area contributed by atoms with Crippen LogP contribution in [0.15, 0.2) is 42.5 Å². The minimum Gasteiger partial charge on any atom is -0.352 e. The molecular formula is C24H33N5O2. The molecule has 0 unspecified atom stereocenters. The number of benzene rings is 1. The van der Waals surface area contributed by atoms with Gasteiger partial charge >= 0.3 is 6.03 Å². The number of amides is 3. The van der Waals surface area contributed by atoms with Crippen molar-refractivity contribution < 1.29 is 9.59 Å². The van der Waals surface area contributed by atoms with Crippen molar-refractivity contribution in [1.82, 2.24) is 20.5 Å². The first-order chi connectivity index (χ1) is 15.0. The Bertz CT molecular complexity index is 843. The monoisotopic (exact) mass is 423 g/mol. The molecule has 1 aromatic heterocycles. The summed E-state index contributed by atoms with van der Waals surface area (Å²) >= 11 is 0. The van der Waals surface area contributed by atoms with Gasteiger partial charge in [0.2, 0.25) is 0 Å². The van der Waals surface area contributed by atoms with E-state index >= 15 is 0 Å². The number of pyridine rings is 1. The average molecular weight is 424 g/mol. The second-order valence-corrected chi connectivity index (χ2v) is 8.22. The van der Waals surface area contributed by atoms with Crippen molar-refractivity contribution in [3.8, 4) is 0 Å². The van der Waals surface area contributed by atoms with Gasteiger partial charge < -0.3 is 20.9 Å². The smallest absolute Gasteiger partial charge is 0.319 e. The van der Waals surface area contributed by atoms with Crippen molar-refractivity contribution >= 4 is 17.6 Å². The maximum atomic E-state index is 12.1. The molecule has 1 fully saturated rings. The van der Waals surface area contributed by atoms with Crippen LogP contribution in [0.5, 0.6) is 0 Å². The van der Waals surface area contributed by atoms with Crippen LogP contribution in [0.4, 0.5) is 10.5 Å². The second kappa shape index (κ2) is 11.5. The van der Waals surface area contributed by atoms with Crippen molar-refractivity contribution in [2.24, 2.45) is 5.92 Å². The van der Waals surface area contributed by atoms with Crippen LogP contribution in [0.2, 0.25) is 0 Å². The molecule has 3 N–H and O–H groups in total. The minimum absolute atomic E-state index is 0.000487. The van der Waals surface area contributed by atoms with E-state index in [0.717, 1.165) is 56.0 Å². The first kappa shape index (κ1) is 22.7. The van der Waals surface area contributed by atoms with E-state index in [0.29, 0.717) is 24.6 Å². The Balaban J connectivity index is 1.27. The van der Waals surface area contributed by atoms with Crippen molar-refractivity contribution in [1.29, 1.82) is 0 Å². The first-order valence-corrected chi connectivity index (χ1v) is 11.1. The molecule has 0 radical (unpaired) electrons. The number of urea groups is 1. The Morgan fingerprint density at radius 3 is 2.35 bits per heavy atom. The number of nitrogens with zero attached hydrogens (tertiary/aromatic N) is 2. The topological polar surface area (TPSA) is 86.4 Å². The largest absolute Gasteiger partial charge is 0.352 e. The van der Waals surface area contributed by atoms with Gasteiger partial charge in [0.05, 0.1) is 0 Å². The number of aromatic nitrogens is 1. The molecule has 7 nitrogen and oxygen atoms in total. The van der Waals surface area contributed by atoms with Gasteiger partial charge in [0.15, 0.2) is 0 Å². The molecule has 0 aliphatic carbocycles. The highest BCUT2D eigenvalue weighted by Crippen LogP contribution is 2.19. The van der Waals surface area contributed by atoms with Gasteiger partial charge in [-0.05, 0) is 76.4 Å². The molecule has 31 heavy (non-hydrogen) atoms. The summed E-state index contributed by atoms with van der Waals surface area (Å²) in [5.74, 6) is 0.640. The molecule has 1 aliphatic heterocycles. The summed E-state index contributed by atoms with van der Waals surface area (Å²) in [7, 11) is 0. The molecular weight excluding hydrogens is 390 g/mol. The summed E-state index contributed by atoms with van der Waals surface area (Å²) in [6.07, 6.45) is 3.27. The summed E-state index contributed by atoms with van der Waals surface area (Å²) < 4.78 is 0. The maximum absolute atomic E-state index is 12.1. The summed E-state index contributed by atoms with van der Waals surface area (Å²) in [6, 6.07) is 12.9. The van der Waals surface area contributed by atoms with Crippen molar-refractivity contribution in [2.75, 3.05) is 38.0 Å². The zero-order chi connectivity index (χ0) is 22.1. The van der Waals surface area contributed by atoms with Crippen LogP contribution in [0.1, 0.15) is 41.0 Å². The van der Waals surface area contributed by atoms with E-state index in [1.807, 2.05) is 56.3 Å². The summed E-state index contributed by atoms with van der Waals surface area (Å²) in [5, 5.41) is 8.82. The SMILES string of the molecule is Cc1cc(NC(=O)NCCN2CCC(CCNC(=O)c3ccccc3)CC2)cc(C)n1. The lowest BCUT2D eigenvalue weighted by Crippen LogP contribution is -2.41. The number of carbonyl (C=O) groups is 2. The normalized spacial score (nSPS) is 14.8. The van der Waals surface area contributed by atoms with Crippen LogP contribution in [0.3, 0.4) is 0 Å². The fraction of sp³-hybridized carbons (Fsp3) is 0.458. The van der Waals surface area contributed by atoms with Crippen molar-refractivity contribution in [3.05, 3.63) is 59.4 Å². The standard InChI is InChI=1S/C24H33N5O2/c1-18-16-22(17-19(2)27-18)28-24(31)26-12-15-29-13-9-20(10-14-29)8-11-25-23(30)21-6-4-3-5-7-21/h3-7,16-17,20H,8-15H2,1-2H3,(H,25,30)(H2,26,27,28,31). The third kappa shape index (κ3) is 7.68. The summed E-state index contributed by atoms with van der Waals surface area (Å²) in [4.78, 5) is 30.9. The van der Waals surface area contributed by atoms with Gasteiger partial charge in [-0.1, -0.05) is 18.2 Å². The molecule has 3 rings (SSSR count). The number of carbonyl (C=O) groups excluding carboxylic acids is 2. The lowest BCUT2D eigenvalue weighted by molar-refractivity contribution is 0.0948. The van der Waals surface area contributed by atoms with E-state index in [1.165, 1.54) is 0 Å². The van der Waals surface area contributed by atoms with E-state index in [1.54, 1.807) is 0 Å². The fourth-order valence-electron chi connectivity index (χ4n) is 3.99. The lowest BCUT2D eigenvalue weighted by Gasteiger charge is -2.32. The van der Waals surface area contributed by atoms with Crippen molar-refractivity contribution in [2.45, 2.75) is 33.1 Å². The number of anilines is 1. The first-order valence-electron chi connectivity index (χ1n) is 11.1. The molecule has 0 atom stereocenters. The number of nitrogens with one attached hydrogen (secondary N) is 3. The van der Waals surface area contributed by atoms with E-state index in [-0.39, 0.29) is 11.9 Å². The molecule has 0 bridgehead atoms. The van der Waals surface area contributed by atoms with E-state index in [9.17, 15) is 9.59 Å². The van der Waals surface area contributed by atoms with Gasteiger partial charge in [0.25, 0.3) is 5.91 Å². The third-order valence-corrected chi connectivity index (χ3v) is 5.63. The molecule has 7 heteroatoms. The van der Waals surface area contributed by atoms with Crippen LogP contribution in [-0.4, -0.2) is 54.5 Å². The number of rotatable bonds is 8. The number of hydrogen-bond donors (Lipinski definition) is 3. The number of likely N-dealkylation sites (tertiary alicyclic amines) is 1. The van der Waals surface area contributed by atoms with E-state index in [4.69, 9.17) is 0 Å². The van der Waals surface area contributed by atoms with Crippen LogP contribution in [-0.2, 0) is 0 Å². The molecule has 166 valence electrons. The lowest BCUT2D eigenvalue weighted by atomic mass is 9.93. The number of hydrogen-bond acceptors (Lipinski definition) is 4. The predicted molar refractivity (Wildman–Crippen MR) is 123 cm³/mol. The average Bonchev–Trinajstić information content (AvgIpc) is 2.74. The fourth-order valence-corrected chi connectivity index (χ4v) is 3.99. The zero-order valence-corrected chi connectivity index (χ0v) is 18.5. The highest BCUT2D eigenvalue weighted by molar-refractivity contribution is 5.94. The molecule has 0 saturated carbocycles. The number of aryl methyl sites for hydroxylation is 2. The van der Waals surface area contributed by atoms with Gasteiger partial charge in [-0.15, -0.1) is 0 Å². The molecule has 1 aromatic carbocycles. The molecule has 2 aromatic rings. The van der Waals surface area contributed by atoms with Crippen LogP contribution < -0.4 is 16.0 Å². The highest BCUT2D eigenvalue weighted by atomic mass is 16.2. The molecule has 1 aliphatic rings. The Morgan fingerprint density at radius 1 is 1.00 bits per heavy atom. The predicted octanol–water partition coefficient (Wildman–Crippen LogP) is 3.35. The Morgan fingerprint density at radius 2 is 1.68 bits per heavy atom. The molecule has 3 amide bonds. The van der Waals surface area contributed by atoms with Crippen LogP contribution >= 0.6 is 0 Å². The number of piperidine rings is 1. The van der Waals surface area contributed by atoms with E-state index in [2.05, 4.69) is 25.8 Å². The minimum atomic E-state index is -0.186. The Hall–Kier alpha value is -2.93. The third-order valence-electron chi connectivity index (χ3n) is 5.63. The second-order valence-electron chi connectivity index (χ2n) is 8.22. The van der Waals surface area contributed by atoms with Gasteiger partial charge in [-0.25, -0.2) is 4.79 Å². The molecule has 1 saturated heterocycles. The van der Waals surface area contributed by atoms with E-state index < -0.39 is 0 Å². The highest BCUT2D eigenvalue weighted by Gasteiger charge is 2.19. The van der Waals surface area contributed by atoms with Gasteiger partial charge in [0.1, 0.15) is 0 Å². The van der Waals surface area contributed by atoms with Crippen LogP contribution in [0, 0.1) is 19.8 Å². The Labute approximate surface area is 184 Å². The van der Waals surface area contributed by atoms with Crippen molar-refractivity contribution in [3.63, 3.8) is 0 Å². The van der Waals surface area contributed by atoms with Gasteiger partial charge in [-0.2, -0.15) is 0 Å². The van der Waals surface area contributed by atoms with Gasteiger partial charge in [0, 0.05) is 42.3 Å². The zero-order valence-electron chi connectivity index (χ0n) is 18.5. The molecule has 0 spiro atoms. The summed E-state index contributed by atoms with van der Waals surface area (Å²) in [5.41, 5.74) is 3.25. The maximum Gasteiger partial charge on any atom is 0.319 e.